The summed E-state index contributed by atoms with van der Waals surface area (Å²) in [6, 6.07) is 33.7. The monoisotopic (exact) mass is 616 g/mol. The summed E-state index contributed by atoms with van der Waals surface area (Å²) in [5, 5.41) is 0. The maximum Gasteiger partial charge on any atom is 0.0409 e. The highest BCUT2D eigenvalue weighted by Crippen LogP contribution is 2.63. The molecule has 0 saturated heterocycles. The van der Waals surface area contributed by atoms with Crippen LogP contribution in [0.2, 0.25) is 0 Å². The van der Waals surface area contributed by atoms with E-state index in [1.165, 1.54) is 59.1 Å². The summed E-state index contributed by atoms with van der Waals surface area (Å²) in [7, 11) is 0. The highest BCUT2D eigenvalue weighted by molar-refractivity contribution is 5.84. The van der Waals surface area contributed by atoms with Gasteiger partial charge in [-0.3, -0.25) is 0 Å². The van der Waals surface area contributed by atoms with Crippen LogP contribution in [0.5, 0.6) is 0 Å². The molecule has 0 aliphatic heterocycles. The second kappa shape index (κ2) is 10.2. The van der Waals surface area contributed by atoms with Crippen LogP contribution in [0.15, 0.2) is 109 Å². The first-order chi connectivity index (χ1) is 22.3. The minimum atomic E-state index is -0.322. The molecule has 0 nitrogen and oxygen atoms in total. The van der Waals surface area contributed by atoms with Crippen LogP contribution in [0.3, 0.4) is 0 Å². The zero-order valence-electron chi connectivity index (χ0n) is 29.9. The van der Waals surface area contributed by atoms with Gasteiger partial charge in [0.25, 0.3) is 0 Å². The zero-order chi connectivity index (χ0) is 33.0. The Labute approximate surface area is 284 Å². The third kappa shape index (κ3) is 4.39. The minimum absolute atomic E-state index is 0.137. The Balaban J connectivity index is 1.55. The number of rotatable bonds is 4. The Morgan fingerprint density at radius 2 is 0.809 bits per heavy atom. The summed E-state index contributed by atoms with van der Waals surface area (Å²) < 4.78 is 0. The topological polar surface area (TPSA) is 0 Å². The minimum Gasteiger partial charge on any atom is -0.0764 e. The molecule has 8 rings (SSSR count). The summed E-state index contributed by atoms with van der Waals surface area (Å²) in [5.74, 6) is 0.379. The predicted octanol–water partition coefficient (Wildman–Crippen LogP) is 12.2. The standard InChI is InChI=1S/C47H52/c1-43(2)23-25-45(5,6)40-29-36-34(27-38(40)43)35-28-39-41(46(7,8)26-24-44(39,3)4)30-37(35)42(36)47(33-21-15-16-22-33,31-17-11-9-12-18-31)32-19-13-10-14-20-32/h9-22,27-30,33,42H,23-26H2,1-8H3. The summed E-state index contributed by atoms with van der Waals surface area (Å²) in [5.41, 5.74) is 15.3. The molecule has 4 aromatic carbocycles. The van der Waals surface area contributed by atoms with E-state index in [-0.39, 0.29) is 38.9 Å². The van der Waals surface area contributed by atoms with E-state index in [1.54, 1.807) is 22.3 Å². The second-order valence-corrected chi connectivity index (χ2v) is 17.8. The van der Waals surface area contributed by atoms with E-state index in [0.717, 1.165) is 0 Å². The summed E-state index contributed by atoms with van der Waals surface area (Å²) in [6.45, 7) is 19.8. The molecule has 0 heterocycles. The Hall–Kier alpha value is -3.64. The first kappa shape index (κ1) is 30.7. The van der Waals surface area contributed by atoms with Crippen molar-refractivity contribution in [1.82, 2.24) is 0 Å². The highest BCUT2D eigenvalue weighted by Gasteiger charge is 2.53. The van der Waals surface area contributed by atoms with Crippen molar-refractivity contribution >= 4 is 0 Å². The predicted molar refractivity (Wildman–Crippen MR) is 200 cm³/mol. The van der Waals surface area contributed by atoms with Gasteiger partial charge >= 0.3 is 0 Å². The van der Waals surface area contributed by atoms with Gasteiger partial charge in [-0.15, -0.1) is 0 Å². The van der Waals surface area contributed by atoms with Crippen molar-refractivity contribution in [1.29, 1.82) is 0 Å². The zero-order valence-corrected chi connectivity index (χ0v) is 29.9. The number of hydrogen-bond acceptors (Lipinski definition) is 0. The van der Waals surface area contributed by atoms with Crippen molar-refractivity contribution in [3.05, 3.63) is 154 Å². The van der Waals surface area contributed by atoms with Gasteiger partial charge < -0.3 is 0 Å². The fraction of sp³-hybridized carbons (Fsp3) is 0.404. The molecule has 47 heavy (non-hydrogen) atoms. The first-order valence-electron chi connectivity index (χ1n) is 18.1. The van der Waals surface area contributed by atoms with Crippen LogP contribution in [-0.2, 0) is 27.1 Å². The molecular weight excluding hydrogens is 565 g/mol. The lowest BCUT2D eigenvalue weighted by atomic mass is 9.55. The van der Waals surface area contributed by atoms with Gasteiger partial charge in [-0.25, -0.2) is 0 Å². The molecule has 240 valence electrons. The quantitative estimate of drug-likeness (QED) is 0.214. The van der Waals surface area contributed by atoms with Crippen molar-refractivity contribution in [3.8, 4) is 11.1 Å². The summed E-state index contributed by atoms with van der Waals surface area (Å²) >= 11 is 0. The molecule has 0 fully saturated rings. The molecule has 0 spiro atoms. The third-order valence-corrected chi connectivity index (χ3v) is 13.2. The van der Waals surface area contributed by atoms with Gasteiger partial charge in [0.2, 0.25) is 0 Å². The van der Waals surface area contributed by atoms with Gasteiger partial charge in [0.1, 0.15) is 0 Å². The molecule has 0 amide bonds. The van der Waals surface area contributed by atoms with Gasteiger partial charge in [-0.05, 0) is 103 Å². The van der Waals surface area contributed by atoms with Crippen LogP contribution in [0, 0.1) is 5.92 Å². The molecule has 0 radical (unpaired) electrons. The largest absolute Gasteiger partial charge is 0.0764 e. The molecule has 0 saturated carbocycles. The number of benzene rings is 4. The summed E-state index contributed by atoms with van der Waals surface area (Å²) in [4.78, 5) is 0. The number of hydrogen-bond donors (Lipinski definition) is 0. The van der Waals surface area contributed by atoms with Crippen LogP contribution in [0.25, 0.3) is 11.1 Å². The van der Waals surface area contributed by atoms with E-state index in [2.05, 4.69) is 165 Å². The van der Waals surface area contributed by atoms with Crippen molar-refractivity contribution < 1.29 is 0 Å². The normalized spacial score (nSPS) is 21.6. The molecule has 4 aromatic rings. The maximum absolute atomic E-state index is 2.70. The van der Waals surface area contributed by atoms with Gasteiger partial charge in [0.05, 0.1) is 0 Å². The third-order valence-electron chi connectivity index (χ3n) is 13.2. The van der Waals surface area contributed by atoms with Crippen LogP contribution in [0.1, 0.15) is 131 Å². The van der Waals surface area contributed by atoms with Crippen molar-refractivity contribution in [2.45, 2.75) is 114 Å². The molecular formula is C47H52. The van der Waals surface area contributed by atoms with Crippen molar-refractivity contribution in [2.24, 2.45) is 5.92 Å². The molecule has 4 aliphatic rings. The average molecular weight is 617 g/mol. The van der Waals surface area contributed by atoms with Crippen LogP contribution in [-0.4, -0.2) is 0 Å². The summed E-state index contributed by atoms with van der Waals surface area (Å²) in [6.07, 6.45) is 14.4. The van der Waals surface area contributed by atoms with Crippen LogP contribution < -0.4 is 0 Å². The molecule has 0 N–H and O–H groups in total. The molecule has 0 heteroatoms. The molecule has 0 atom stereocenters. The van der Waals surface area contributed by atoms with E-state index >= 15 is 0 Å². The lowest BCUT2D eigenvalue weighted by molar-refractivity contribution is 0.330. The van der Waals surface area contributed by atoms with Crippen LogP contribution in [0.4, 0.5) is 0 Å². The molecule has 4 aliphatic carbocycles. The van der Waals surface area contributed by atoms with Crippen molar-refractivity contribution in [2.75, 3.05) is 0 Å². The highest BCUT2D eigenvalue weighted by atomic mass is 14.6. The Morgan fingerprint density at radius 1 is 0.468 bits per heavy atom. The van der Waals surface area contributed by atoms with Gasteiger partial charge in [0, 0.05) is 17.3 Å². The molecule has 0 bridgehead atoms. The fourth-order valence-electron chi connectivity index (χ4n) is 10.1. The Morgan fingerprint density at radius 3 is 1.17 bits per heavy atom. The first-order valence-corrected chi connectivity index (χ1v) is 18.1. The smallest absolute Gasteiger partial charge is 0.0409 e. The number of allylic oxidation sites excluding steroid dienone is 4. The van der Waals surface area contributed by atoms with Gasteiger partial charge in [-0.1, -0.05) is 165 Å². The average Bonchev–Trinajstić information content (AvgIpc) is 3.70. The lowest BCUT2D eigenvalue weighted by Crippen LogP contribution is -2.41. The van der Waals surface area contributed by atoms with Crippen molar-refractivity contribution in [3.63, 3.8) is 0 Å². The lowest BCUT2D eigenvalue weighted by Gasteiger charge is -2.47. The SMILES string of the molecule is CC1(C)CCC(C)(C)c2cc3c(cc21)-c1cc2c(cc1C3C(c1ccccc1)(c1ccccc1)C1C=CC=C1)C(C)(C)CCC2(C)C. The van der Waals surface area contributed by atoms with E-state index in [9.17, 15) is 0 Å². The molecule has 0 aromatic heterocycles. The van der Waals surface area contributed by atoms with E-state index in [0.29, 0.717) is 0 Å². The fourth-order valence-corrected chi connectivity index (χ4v) is 10.1. The maximum atomic E-state index is 2.70. The number of fused-ring (bicyclic) bond motifs is 5. The van der Waals surface area contributed by atoms with Gasteiger partial charge in [0.15, 0.2) is 0 Å². The van der Waals surface area contributed by atoms with E-state index in [4.69, 9.17) is 0 Å². The Bertz CT molecular complexity index is 1790. The van der Waals surface area contributed by atoms with Gasteiger partial charge in [-0.2, -0.15) is 0 Å². The van der Waals surface area contributed by atoms with E-state index < -0.39 is 0 Å². The van der Waals surface area contributed by atoms with Crippen LogP contribution >= 0.6 is 0 Å². The van der Waals surface area contributed by atoms with E-state index in [1.807, 2.05) is 0 Å². The second-order valence-electron chi connectivity index (χ2n) is 17.8. The molecule has 0 unspecified atom stereocenters. The Kier molecular flexibility index (Phi) is 6.65.